The lowest BCUT2D eigenvalue weighted by molar-refractivity contribution is 1.13. The van der Waals surface area contributed by atoms with Gasteiger partial charge in [0.05, 0.1) is 16.6 Å². The van der Waals surface area contributed by atoms with E-state index in [4.69, 9.17) is 0 Å². The van der Waals surface area contributed by atoms with Gasteiger partial charge in [0, 0.05) is 50.8 Å². The Morgan fingerprint density at radius 1 is 0.404 bits per heavy atom. The van der Waals surface area contributed by atoms with Crippen LogP contribution in [0.4, 0.5) is 17.1 Å². The normalized spacial score (nSPS) is 11.4. The van der Waals surface area contributed by atoms with Crippen LogP contribution in [0.1, 0.15) is 0 Å². The monoisotopic (exact) mass is 601 g/mol. The van der Waals surface area contributed by atoms with E-state index >= 15 is 0 Å². The zero-order valence-corrected chi connectivity index (χ0v) is 25.7. The van der Waals surface area contributed by atoms with Crippen molar-refractivity contribution >= 4 is 49.8 Å². The van der Waals surface area contributed by atoms with E-state index in [1.807, 2.05) is 0 Å². The van der Waals surface area contributed by atoms with Gasteiger partial charge in [-0.2, -0.15) is 0 Å². The standard InChI is InChI=1S/C44H31N3/c1-4-14-36(15-5-1)46(37-16-6-2-7-17-37)39-20-12-13-34(31-39)32-23-26-35(27-24-32)45-30-29-33-25-28-42-43(44(33)45)40-21-10-11-22-41(40)47(42)38-18-8-3-9-19-38/h1-31H. The molecule has 0 aliphatic carbocycles. The first-order chi connectivity index (χ1) is 23.3. The van der Waals surface area contributed by atoms with Crippen molar-refractivity contribution in [1.29, 1.82) is 0 Å². The van der Waals surface area contributed by atoms with Crippen molar-refractivity contribution < 1.29 is 0 Å². The summed E-state index contributed by atoms with van der Waals surface area (Å²) in [5.74, 6) is 0. The van der Waals surface area contributed by atoms with Gasteiger partial charge in [-0.15, -0.1) is 0 Å². The maximum atomic E-state index is 2.38. The molecule has 0 fully saturated rings. The first kappa shape index (κ1) is 27.0. The number of hydrogen-bond donors (Lipinski definition) is 0. The molecule has 47 heavy (non-hydrogen) atoms. The first-order valence-corrected chi connectivity index (χ1v) is 16.0. The van der Waals surface area contributed by atoms with Crippen LogP contribution in [-0.2, 0) is 0 Å². The maximum absolute atomic E-state index is 2.38. The number of fused-ring (bicyclic) bond motifs is 5. The largest absolute Gasteiger partial charge is 0.316 e. The van der Waals surface area contributed by atoms with Gasteiger partial charge in [-0.1, -0.05) is 103 Å². The fourth-order valence-corrected chi connectivity index (χ4v) is 6.99. The van der Waals surface area contributed by atoms with Crippen LogP contribution in [0, 0.1) is 0 Å². The summed E-state index contributed by atoms with van der Waals surface area (Å²) in [5, 5.41) is 3.75. The Morgan fingerprint density at radius 2 is 1.04 bits per heavy atom. The number of nitrogens with zero attached hydrogens (tertiary/aromatic N) is 3. The minimum atomic E-state index is 1.12. The molecule has 2 aromatic heterocycles. The SMILES string of the molecule is c1ccc(N(c2ccccc2)c2cccc(-c3ccc(-n4ccc5ccc6c(c7ccccc7n6-c6ccccc6)c54)cc3)c2)cc1. The molecule has 3 heteroatoms. The van der Waals surface area contributed by atoms with Crippen molar-refractivity contribution in [1.82, 2.24) is 9.13 Å². The second-order valence-electron chi connectivity index (χ2n) is 11.9. The quantitative estimate of drug-likeness (QED) is 0.185. The van der Waals surface area contributed by atoms with Crippen LogP contribution < -0.4 is 4.90 Å². The molecule has 0 aliphatic rings. The van der Waals surface area contributed by atoms with Gasteiger partial charge in [-0.3, -0.25) is 0 Å². The summed E-state index contributed by atoms with van der Waals surface area (Å²) in [5.41, 5.74) is 11.7. The Bertz CT molecular complexity index is 2450. The zero-order valence-electron chi connectivity index (χ0n) is 25.7. The number of anilines is 3. The molecule has 0 saturated heterocycles. The van der Waals surface area contributed by atoms with Gasteiger partial charge in [0.15, 0.2) is 0 Å². The summed E-state index contributed by atoms with van der Waals surface area (Å²) in [6.07, 6.45) is 2.20. The van der Waals surface area contributed by atoms with Gasteiger partial charge in [0.1, 0.15) is 0 Å². The molecule has 0 unspecified atom stereocenters. The van der Waals surface area contributed by atoms with E-state index in [-0.39, 0.29) is 0 Å². The van der Waals surface area contributed by atoms with E-state index in [1.54, 1.807) is 0 Å². The molecule has 0 aliphatic heterocycles. The van der Waals surface area contributed by atoms with Crippen LogP contribution in [-0.4, -0.2) is 9.13 Å². The Kier molecular flexibility index (Phi) is 6.46. The predicted octanol–water partition coefficient (Wildman–Crippen LogP) is 11.9. The molecule has 7 aromatic carbocycles. The Morgan fingerprint density at radius 3 is 1.77 bits per heavy atom. The third kappa shape index (κ3) is 4.60. The van der Waals surface area contributed by atoms with Gasteiger partial charge >= 0.3 is 0 Å². The van der Waals surface area contributed by atoms with E-state index in [1.165, 1.54) is 49.5 Å². The molecule has 0 radical (unpaired) electrons. The van der Waals surface area contributed by atoms with Crippen LogP contribution in [0.15, 0.2) is 188 Å². The molecule has 0 atom stereocenters. The molecule has 0 spiro atoms. The van der Waals surface area contributed by atoms with E-state index in [2.05, 4.69) is 202 Å². The van der Waals surface area contributed by atoms with Crippen LogP contribution in [0.25, 0.3) is 55.2 Å². The lowest BCUT2D eigenvalue weighted by Gasteiger charge is -2.26. The van der Waals surface area contributed by atoms with E-state index < -0.39 is 0 Å². The molecule has 3 nitrogen and oxygen atoms in total. The number of aromatic nitrogens is 2. The summed E-state index contributed by atoms with van der Waals surface area (Å²) in [6, 6.07) is 65.0. The Balaban J connectivity index is 1.14. The van der Waals surface area contributed by atoms with Crippen molar-refractivity contribution in [2.24, 2.45) is 0 Å². The fourth-order valence-electron chi connectivity index (χ4n) is 6.99. The van der Waals surface area contributed by atoms with Crippen molar-refractivity contribution in [3.63, 3.8) is 0 Å². The fraction of sp³-hybridized carbons (Fsp3) is 0. The van der Waals surface area contributed by atoms with E-state index in [0.29, 0.717) is 0 Å². The molecule has 9 aromatic rings. The number of para-hydroxylation sites is 4. The lowest BCUT2D eigenvalue weighted by Crippen LogP contribution is -2.09. The third-order valence-electron chi connectivity index (χ3n) is 9.11. The van der Waals surface area contributed by atoms with E-state index in [9.17, 15) is 0 Å². The summed E-state index contributed by atoms with van der Waals surface area (Å²) >= 11 is 0. The molecule has 0 amide bonds. The van der Waals surface area contributed by atoms with Crippen molar-refractivity contribution in [3.05, 3.63) is 188 Å². The van der Waals surface area contributed by atoms with Crippen LogP contribution >= 0.6 is 0 Å². The third-order valence-corrected chi connectivity index (χ3v) is 9.11. The smallest absolute Gasteiger partial charge is 0.0628 e. The van der Waals surface area contributed by atoms with Crippen LogP contribution in [0.5, 0.6) is 0 Å². The van der Waals surface area contributed by atoms with Gasteiger partial charge in [-0.25, -0.2) is 0 Å². The summed E-state index contributed by atoms with van der Waals surface area (Å²) < 4.78 is 4.72. The Hall–Kier alpha value is -6.32. The molecule has 9 rings (SSSR count). The summed E-state index contributed by atoms with van der Waals surface area (Å²) in [7, 11) is 0. The topological polar surface area (TPSA) is 13.1 Å². The number of hydrogen-bond acceptors (Lipinski definition) is 1. The second kappa shape index (κ2) is 11.2. The van der Waals surface area contributed by atoms with Gasteiger partial charge in [-0.05, 0) is 90.0 Å². The second-order valence-corrected chi connectivity index (χ2v) is 11.9. The molecular formula is C44H31N3. The van der Waals surface area contributed by atoms with Gasteiger partial charge in [0.2, 0.25) is 0 Å². The highest BCUT2D eigenvalue weighted by Crippen LogP contribution is 2.39. The van der Waals surface area contributed by atoms with E-state index in [0.717, 1.165) is 22.7 Å². The highest BCUT2D eigenvalue weighted by atomic mass is 15.1. The van der Waals surface area contributed by atoms with Crippen molar-refractivity contribution in [2.45, 2.75) is 0 Å². The molecule has 0 bridgehead atoms. The summed E-state index contributed by atoms with van der Waals surface area (Å²) in [6.45, 7) is 0. The molecule has 0 saturated carbocycles. The predicted molar refractivity (Wildman–Crippen MR) is 198 cm³/mol. The van der Waals surface area contributed by atoms with Crippen molar-refractivity contribution in [3.8, 4) is 22.5 Å². The highest BCUT2D eigenvalue weighted by molar-refractivity contribution is 6.20. The summed E-state index contributed by atoms with van der Waals surface area (Å²) in [4.78, 5) is 2.31. The minimum Gasteiger partial charge on any atom is -0.316 e. The molecular weight excluding hydrogens is 571 g/mol. The Labute approximate surface area is 273 Å². The van der Waals surface area contributed by atoms with Crippen molar-refractivity contribution in [2.75, 3.05) is 4.90 Å². The maximum Gasteiger partial charge on any atom is 0.0628 e. The van der Waals surface area contributed by atoms with Gasteiger partial charge in [0.25, 0.3) is 0 Å². The average Bonchev–Trinajstić information content (AvgIpc) is 3.73. The number of benzene rings is 7. The molecule has 2 heterocycles. The molecule has 0 N–H and O–H groups in total. The highest BCUT2D eigenvalue weighted by Gasteiger charge is 2.18. The van der Waals surface area contributed by atoms with Crippen LogP contribution in [0.2, 0.25) is 0 Å². The number of rotatable bonds is 6. The van der Waals surface area contributed by atoms with Gasteiger partial charge < -0.3 is 14.0 Å². The lowest BCUT2D eigenvalue weighted by atomic mass is 10.0. The first-order valence-electron chi connectivity index (χ1n) is 16.0. The van der Waals surface area contributed by atoms with Crippen LogP contribution in [0.3, 0.4) is 0 Å². The molecule has 222 valence electrons. The average molecular weight is 602 g/mol. The minimum absolute atomic E-state index is 1.12. The zero-order chi connectivity index (χ0) is 31.2.